The Balaban J connectivity index is 2.31. The Kier molecular flexibility index (Phi) is 2.76. The number of halogens is 1. The molecule has 2 N–H and O–H groups in total. The highest BCUT2D eigenvalue weighted by Crippen LogP contribution is 2.37. The van der Waals surface area contributed by atoms with Crippen LogP contribution in [-0.2, 0) is 0 Å². The average molecular weight is 271 g/mol. The number of fused-ring (bicyclic) bond motifs is 2. The van der Waals surface area contributed by atoms with Gasteiger partial charge in [-0.3, -0.25) is 4.90 Å². The highest BCUT2D eigenvalue weighted by atomic mass is 35.5. The number of nitrogens with zero attached hydrogens (tertiary/aromatic N) is 1. The quantitative estimate of drug-likeness (QED) is 0.771. The summed E-state index contributed by atoms with van der Waals surface area (Å²) in [7, 11) is 0. The van der Waals surface area contributed by atoms with E-state index in [0.717, 1.165) is 16.8 Å². The Morgan fingerprint density at radius 2 is 1.68 bits per heavy atom. The van der Waals surface area contributed by atoms with E-state index in [2.05, 4.69) is 0 Å². The molecule has 0 bridgehead atoms. The van der Waals surface area contributed by atoms with Gasteiger partial charge in [-0.05, 0) is 29.3 Å². The van der Waals surface area contributed by atoms with Gasteiger partial charge in [-0.1, -0.05) is 48.0 Å². The maximum absolute atomic E-state index is 11.8. The molecule has 94 valence electrons. The number of carbonyl (C=O) groups excluding carboxylic acids is 1. The lowest BCUT2D eigenvalue weighted by Crippen LogP contribution is -2.32. The summed E-state index contributed by atoms with van der Waals surface area (Å²) in [5, 5.41) is 0.567. The SMILES string of the molecule is NC(=O)N1c2ccccc2C=Cc2ccc(Cl)cc21. The maximum atomic E-state index is 11.8. The van der Waals surface area contributed by atoms with Crippen LogP contribution in [0, 0.1) is 0 Å². The molecule has 3 nitrogen and oxygen atoms in total. The molecular formula is C15H11ClN2O. The molecule has 0 radical (unpaired) electrons. The van der Waals surface area contributed by atoms with Crippen molar-refractivity contribution in [3.63, 3.8) is 0 Å². The van der Waals surface area contributed by atoms with Crippen LogP contribution in [0.2, 0.25) is 5.02 Å². The van der Waals surface area contributed by atoms with E-state index in [1.54, 1.807) is 12.1 Å². The van der Waals surface area contributed by atoms with E-state index < -0.39 is 6.03 Å². The predicted molar refractivity (Wildman–Crippen MR) is 78.5 cm³/mol. The molecule has 0 aromatic heterocycles. The van der Waals surface area contributed by atoms with Crippen LogP contribution in [0.3, 0.4) is 0 Å². The van der Waals surface area contributed by atoms with Crippen LogP contribution in [-0.4, -0.2) is 6.03 Å². The van der Waals surface area contributed by atoms with Crippen molar-refractivity contribution in [3.8, 4) is 0 Å². The van der Waals surface area contributed by atoms with Gasteiger partial charge in [0, 0.05) is 5.02 Å². The zero-order valence-electron chi connectivity index (χ0n) is 10.0. The minimum atomic E-state index is -0.528. The van der Waals surface area contributed by atoms with Gasteiger partial charge in [0.15, 0.2) is 0 Å². The number of anilines is 2. The minimum absolute atomic E-state index is 0.528. The van der Waals surface area contributed by atoms with Gasteiger partial charge in [-0.2, -0.15) is 0 Å². The summed E-state index contributed by atoms with van der Waals surface area (Å²) in [6, 6.07) is 12.5. The highest BCUT2D eigenvalue weighted by molar-refractivity contribution is 6.31. The Morgan fingerprint density at radius 3 is 2.42 bits per heavy atom. The third-order valence-electron chi connectivity index (χ3n) is 3.07. The topological polar surface area (TPSA) is 46.3 Å². The number of hydrogen-bond donors (Lipinski definition) is 1. The molecule has 0 saturated carbocycles. The van der Waals surface area contributed by atoms with Crippen molar-refractivity contribution in [3.05, 3.63) is 58.6 Å². The van der Waals surface area contributed by atoms with Crippen LogP contribution in [0.4, 0.5) is 16.2 Å². The molecule has 0 spiro atoms. The summed E-state index contributed by atoms with van der Waals surface area (Å²) >= 11 is 6.02. The summed E-state index contributed by atoms with van der Waals surface area (Å²) in [6.07, 6.45) is 3.92. The molecule has 19 heavy (non-hydrogen) atoms. The zero-order chi connectivity index (χ0) is 13.4. The van der Waals surface area contributed by atoms with Crippen molar-refractivity contribution >= 4 is 41.2 Å². The summed E-state index contributed by atoms with van der Waals surface area (Å²) in [5.74, 6) is 0. The van der Waals surface area contributed by atoms with E-state index in [4.69, 9.17) is 17.3 Å². The maximum Gasteiger partial charge on any atom is 0.323 e. The molecule has 0 atom stereocenters. The molecule has 3 rings (SSSR count). The second kappa shape index (κ2) is 4.44. The van der Waals surface area contributed by atoms with Crippen LogP contribution < -0.4 is 10.6 Å². The van der Waals surface area contributed by atoms with E-state index in [0.29, 0.717) is 10.7 Å². The smallest absolute Gasteiger partial charge is 0.323 e. The number of amides is 2. The molecule has 0 unspecified atom stereocenters. The number of hydrogen-bond acceptors (Lipinski definition) is 1. The molecule has 1 heterocycles. The van der Waals surface area contributed by atoms with Gasteiger partial charge in [-0.25, -0.2) is 4.79 Å². The van der Waals surface area contributed by atoms with E-state index >= 15 is 0 Å². The van der Waals surface area contributed by atoms with Crippen molar-refractivity contribution in [1.29, 1.82) is 0 Å². The Morgan fingerprint density at radius 1 is 1.00 bits per heavy atom. The normalized spacial score (nSPS) is 12.6. The monoisotopic (exact) mass is 270 g/mol. The van der Waals surface area contributed by atoms with Crippen LogP contribution in [0.5, 0.6) is 0 Å². The number of rotatable bonds is 0. The lowest BCUT2D eigenvalue weighted by molar-refractivity contribution is 0.256. The number of nitrogens with two attached hydrogens (primary N) is 1. The molecule has 0 aliphatic carbocycles. The summed E-state index contributed by atoms with van der Waals surface area (Å²) in [6.45, 7) is 0. The van der Waals surface area contributed by atoms with E-state index in [-0.39, 0.29) is 0 Å². The molecule has 0 saturated heterocycles. The van der Waals surface area contributed by atoms with Crippen LogP contribution in [0.1, 0.15) is 11.1 Å². The van der Waals surface area contributed by atoms with Gasteiger partial charge < -0.3 is 5.73 Å². The molecule has 2 amide bonds. The van der Waals surface area contributed by atoms with E-state index in [1.807, 2.05) is 42.5 Å². The Hall–Kier alpha value is -2.26. The Labute approximate surface area is 115 Å². The van der Waals surface area contributed by atoms with Gasteiger partial charge >= 0.3 is 6.03 Å². The van der Waals surface area contributed by atoms with Gasteiger partial charge in [-0.15, -0.1) is 0 Å². The van der Waals surface area contributed by atoms with Crippen molar-refractivity contribution < 1.29 is 4.79 Å². The molecule has 4 heteroatoms. The molecule has 0 fully saturated rings. The molecule has 1 aliphatic heterocycles. The van der Waals surface area contributed by atoms with E-state index in [1.165, 1.54) is 4.90 Å². The first kappa shape index (κ1) is 11.8. The average Bonchev–Trinajstić information content (AvgIpc) is 2.54. The molecule has 1 aliphatic rings. The first-order valence-electron chi connectivity index (χ1n) is 5.83. The lowest BCUT2D eigenvalue weighted by atomic mass is 10.1. The molecule has 2 aromatic rings. The number of benzene rings is 2. The first-order valence-corrected chi connectivity index (χ1v) is 6.21. The van der Waals surface area contributed by atoms with Crippen LogP contribution in [0.15, 0.2) is 42.5 Å². The second-order valence-electron chi connectivity index (χ2n) is 4.27. The van der Waals surface area contributed by atoms with Gasteiger partial charge in [0.25, 0.3) is 0 Å². The van der Waals surface area contributed by atoms with Crippen molar-refractivity contribution in [2.75, 3.05) is 4.90 Å². The fourth-order valence-electron chi connectivity index (χ4n) is 2.23. The minimum Gasteiger partial charge on any atom is -0.351 e. The number of urea groups is 1. The fraction of sp³-hybridized carbons (Fsp3) is 0. The van der Waals surface area contributed by atoms with Gasteiger partial charge in [0.1, 0.15) is 0 Å². The third-order valence-corrected chi connectivity index (χ3v) is 3.31. The van der Waals surface area contributed by atoms with E-state index in [9.17, 15) is 4.79 Å². The van der Waals surface area contributed by atoms with Gasteiger partial charge in [0.05, 0.1) is 11.4 Å². The largest absolute Gasteiger partial charge is 0.351 e. The number of carbonyl (C=O) groups is 1. The molecule has 2 aromatic carbocycles. The summed E-state index contributed by atoms with van der Waals surface area (Å²) in [4.78, 5) is 13.3. The number of primary amides is 1. The summed E-state index contributed by atoms with van der Waals surface area (Å²) in [5.41, 5.74) is 8.83. The zero-order valence-corrected chi connectivity index (χ0v) is 10.8. The van der Waals surface area contributed by atoms with Crippen molar-refractivity contribution in [2.45, 2.75) is 0 Å². The third kappa shape index (κ3) is 1.98. The lowest BCUT2D eigenvalue weighted by Gasteiger charge is -2.22. The van der Waals surface area contributed by atoms with Crippen molar-refractivity contribution in [2.24, 2.45) is 5.73 Å². The predicted octanol–water partition coefficient (Wildman–Crippen LogP) is 4.04. The fourth-order valence-corrected chi connectivity index (χ4v) is 2.40. The van der Waals surface area contributed by atoms with Gasteiger partial charge in [0.2, 0.25) is 0 Å². The standard InChI is InChI=1S/C15H11ClN2O/c16-12-8-7-11-6-5-10-3-1-2-4-13(10)18(15(17)19)14(11)9-12/h1-9H,(H2,17,19). The van der Waals surface area contributed by atoms with Crippen LogP contribution >= 0.6 is 11.6 Å². The first-order chi connectivity index (χ1) is 9.16. The number of para-hydroxylation sites is 1. The Bertz CT molecular complexity index is 694. The highest BCUT2D eigenvalue weighted by Gasteiger charge is 2.21. The summed E-state index contributed by atoms with van der Waals surface area (Å²) < 4.78 is 0. The molecular weight excluding hydrogens is 260 g/mol. The second-order valence-corrected chi connectivity index (χ2v) is 4.71. The van der Waals surface area contributed by atoms with Crippen LogP contribution in [0.25, 0.3) is 12.2 Å². The van der Waals surface area contributed by atoms with Crippen molar-refractivity contribution in [1.82, 2.24) is 0 Å².